The number of carbonyl (C=O) groups is 1. The second-order valence-corrected chi connectivity index (χ2v) is 7.44. The Morgan fingerprint density at radius 1 is 1.07 bits per heavy atom. The quantitative estimate of drug-likeness (QED) is 0.547. The number of para-hydroxylation sites is 1. The highest BCUT2D eigenvalue weighted by molar-refractivity contribution is 5.95. The lowest BCUT2D eigenvalue weighted by Crippen LogP contribution is -2.29. The maximum absolute atomic E-state index is 12.9. The normalized spacial score (nSPS) is 13.4. The third-order valence-electron chi connectivity index (χ3n) is 5.80. The number of rotatable bonds is 3. The van der Waals surface area contributed by atoms with E-state index in [9.17, 15) is 4.79 Å². The van der Waals surface area contributed by atoms with E-state index in [-0.39, 0.29) is 5.91 Å². The molecule has 0 unspecified atom stereocenters. The Morgan fingerprint density at radius 2 is 1.86 bits per heavy atom. The smallest absolute Gasteiger partial charge is 0.227 e. The van der Waals surface area contributed by atoms with E-state index in [1.54, 1.807) is 0 Å². The van der Waals surface area contributed by atoms with Gasteiger partial charge >= 0.3 is 0 Å². The van der Waals surface area contributed by atoms with Gasteiger partial charge in [-0.2, -0.15) is 5.10 Å². The minimum Gasteiger partial charge on any atom is -0.312 e. The van der Waals surface area contributed by atoms with Gasteiger partial charge in [0.15, 0.2) is 5.65 Å². The number of benzene rings is 2. The van der Waals surface area contributed by atoms with Gasteiger partial charge in [0, 0.05) is 35.4 Å². The van der Waals surface area contributed by atoms with Crippen molar-refractivity contribution in [3.8, 4) is 0 Å². The standard InChI is InChI=1S/C23H22N4O/c1-15-18(11-12-22(28)26-14-13-17-7-3-6-10-21(17)26)16(2)27-23(24-15)19-8-4-5-9-20(19)25-27/h3-10H,11-14H2,1-2H3. The maximum Gasteiger partial charge on any atom is 0.227 e. The first-order valence-electron chi connectivity index (χ1n) is 9.75. The molecule has 0 saturated carbocycles. The number of carbonyl (C=O) groups excluding carboxylic acids is 1. The average Bonchev–Trinajstić information content (AvgIpc) is 3.30. The molecule has 0 bridgehead atoms. The van der Waals surface area contributed by atoms with Gasteiger partial charge in [0.05, 0.1) is 5.52 Å². The highest BCUT2D eigenvalue weighted by atomic mass is 16.2. The molecule has 140 valence electrons. The predicted octanol–water partition coefficient (Wildman–Crippen LogP) is 4.02. The van der Waals surface area contributed by atoms with Crippen molar-refractivity contribution in [2.24, 2.45) is 0 Å². The van der Waals surface area contributed by atoms with Crippen molar-refractivity contribution in [1.29, 1.82) is 0 Å². The van der Waals surface area contributed by atoms with Crippen LogP contribution in [0.1, 0.15) is 28.9 Å². The van der Waals surface area contributed by atoms with Gasteiger partial charge in [-0.25, -0.2) is 9.50 Å². The number of hydrogen-bond donors (Lipinski definition) is 0. The molecule has 0 fully saturated rings. The van der Waals surface area contributed by atoms with Crippen molar-refractivity contribution in [1.82, 2.24) is 14.6 Å². The Labute approximate surface area is 163 Å². The summed E-state index contributed by atoms with van der Waals surface area (Å²) >= 11 is 0. The van der Waals surface area contributed by atoms with Crippen LogP contribution >= 0.6 is 0 Å². The lowest BCUT2D eigenvalue weighted by molar-refractivity contribution is -0.118. The van der Waals surface area contributed by atoms with E-state index in [0.717, 1.165) is 52.2 Å². The Balaban J connectivity index is 1.44. The van der Waals surface area contributed by atoms with Gasteiger partial charge in [-0.05, 0) is 56.0 Å². The van der Waals surface area contributed by atoms with Crippen molar-refractivity contribution < 1.29 is 4.79 Å². The number of fused-ring (bicyclic) bond motifs is 4. The molecule has 5 rings (SSSR count). The maximum atomic E-state index is 12.9. The van der Waals surface area contributed by atoms with Crippen LogP contribution in [0, 0.1) is 13.8 Å². The van der Waals surface area contributed by atoms with E-state index in [1.165, 1.54) is 5.56 Å². The van der Waals surface area contributed by atoms with E-state index in [2.05, 4.69) is 19.1 Å². The van der Waals surface area contributed by atoms with Crippen LogP contribution in [0.4, 0.5) is 5.69 Å². The average molecular weight is 370 g/mol. The molecule has 1 amide bonds. The monoisotopic (exact) mass is 370 g/mol. The third kappa shape index (κ3) is 2.58. The van der Waals surface area contributed by atoms with Crippen LogP contribution in [0.15, 0.2) is 48.5 Å². The SMILES string of the molecule is Cc1nc2c3ccccc3nn2c(C)c1CCC(=O)N1CCc2ccccc21. The summed E-state index contributed by atoms with van der Waals surface area (Å²) in [4.78, 5) is 19.6. The molecule has 0 radical (unpaired) electrons. The molecule has 1 aliphatic rings. The first kappa shape index (κ1) is 16.9. The Bertz CT molecular complexity index is 1220. The van der Waals surface area contributed by atoms with E-state index < -0.39 is 0 Å². The molecular weight excluding hydrogens is 348 g/mol. The van der Waals surface area contributed by atoms with Crippen molar-refractivity contribution in [2.75, 3.05) is 11.4 Å². The largest absolute Gasteiger partial charge is 0.312 e. The second kappa shape index (κ2) is 6.44. The van der Waals surface area contributed by atoms with Gasteiger partial charge in [0.25, 0.3) is 0 Å². The fourth-order valence-electron chi connectivity index (χ4n) is 4.30. The van der Waals surface area contributed by atoms with Gasteiger partial charge in [-0.1, -0.05) is 30.3 Å². The summed E-state index contributed by atoms with van der Waals surface area (Å²) in [7, 11) is 0. The first-order valence-corrected chi connectivity index (χ1v) is 9.75. The van der Waals surface area contributed by atoms with Crippen molar-refractivity contribution in [3.63, 3.8) is 0 Å². The molecule has 5 nitrogen and oxygen atoms in total. The lowest BCUT2D eigenvalue weighted by atomic mass is 10.1. The molecule has 2 aromatic heterocycles. The topological polar surface area (TPSA) is 50.5 Å². The van der Waals surface area contributed by atoms with Crippen molar-refractivity contribution >= 4 is 28.1 Å². The number of amides is 1. The van der Waals surface area contributed by atoms with Crippen LogP contribution in [-0.4, -0.2) is 27.0 Å². The fourth-order valence-corrected chi connectivity index (χ4v) is 4.30. The lowest BCUT2D eigenvalue weighted by Gasteiger charge is -2.18. The van der Waals surface area contributed by atoms with Crippen LogP contribution < -0.4 is 4.90 Å². The Kier molecular flexibility index (Phi) is 3.90. The molecule has 4 aromatic rings. The van der Waals surface area contributed by atoms with Crippen molar-refractivity contribution in [3.05, 3.63) is 71.0 Å². The highest BCUT2D eigenvalue weighted by Crippen LogP contribution is 2.29. The summed E-state index contributed by atoms with van der Waals surface area (Å²) in [5, 5.41) is 5.77. The van der Waals surface area contributed by atoms with Crippen LogP contribution in [0.5, 0.6) is 0 Å². The van der Waals surface area contributed by atoms with Gasteiger partial charge in [-0.3, -0.25) is 4.79 Å². The van der Waals surface area contributed by atoms with E-state index in [1.807, 2.05) is 52.7 Å². The first-order chi connectivity index (χ1) is 13.6. The summed E-state index contributed by atoms with van der Waals surface area (Å²) in [6.45, 7) is 4.87. The zero-order chi connectivity index (χ0) is 19.3. The predicted molar refractivity (Wildman–Crippen MR) is 111 cm³/mol. The molecule has 28 heavy (non-hydrogen) atoms. The van der Waals surface area contributed by atoms with Crippen molar-refractivity contribution in [2.45, 2.75) is 33.1 Å². The number of nitrogens with zero attached hydrogens (tertiary/aromatic N) is 4. The summed E-state index contributed by atoms with van der Waals surface area (Å²) < 4.78 is 1.92. The summed E-state index contributed by atoms with van der Waals surface area (Å²) in [5.41, 5.74) is 7.30. The summed E-state index contributed by atoms with van der Waals surface area (Å²) in [6, 6.07) is 16.2. The molecule has 0 saturated heterocycles. The molecule has 0 atom stereocenters. The fraction of sp³-hybridized carbons (Fsp3) is 0.261. The molecular formula is C23H22N4O. The van der Waals surface area contributed by atoms with Gasteiger partial charge in [-0.15, -0.1) is 0 Å². The summed E-state index contributed by atoms with van der Waals surface area (Å²) in [5.74, 6) is 0.175. The third-order valence-corrected chi connectivity index (χ3v) is 5.80. The number of aryl methyl sites for hydroxylation is 2. The molecule has 5 heteroatoms. The van der Waals surface area contributed by atoms with E-state index >= 15 is 0 Å². The van der Waals surface area contributed by atoms with Gasteiger partial charge < -0.3 is 4.90 Å². The summed E-state index contributed by atoms with van der Waals surface area (Å²) in [6.07, 6.45) is 2.09. The number of aromatic nitrogens is 3. The minimum absolute atomic E-state index is 0.175. The van der Waals surface area contributed by atoms with Crippen LogP contribution in [-0.2, 0) is 17.6 Å². The van der Waals surface area contributed by atoms with Crippen LogP contribution in [0.25, 0.3) is 16.6 Å². The highest BCUT2D eigenvalue weighted by Gasteiger charge is 2.24. The Morgan fingerprint density at radius 3 is 2.75 bits per heavy atom. The molecule has 3 heterocycles. The number of anilines is 1. The zero-order valence-corrected chi connectivity index (χ0v) is 16.1. The molecule has 2 aromatic carbocycles. The molecule has 1 aliphatic heterocycles. The molecule has 0 spiro atoms. The van der Waals surface area contributed by atoms with E-state index in [0.29, 0.717) is 12.8 Å². The molecule has 0 N–H and O–H groups in total. The van der Waals surface area contributed by atoms with E-state index in [4.69, 9.17) is 10.1 Å². The van der Waals surface area contributed by atoms with Crippen LogP contribution in [0.3, 0.4) is 0 Å². The Hall–Kier alpha value is -3.21. The number of hydrogen-bond acceptors (Lipinski definition) is 3. The molecule has 0 aliphatic carbocycles. The van der Waals surface area contributed by atoms with Gasteiger partial charge in [0.2, 0.25) is 5.91 Å². The van der Waals surface area contributed by atoms with Gasteiger partial charge in [0.1, 0.15) is 0 Å². The minimum atomic E-state index is 0.175. The second-order valence-electron chi connectivity index (χ2n) is 7.44. The van der Waals surface area contributed by atoms with Crippen LogP contribution in [0.2, 0.25) is 0 Å². The zero-order valence-electron chi connectivity index (χ0n) is 16.1.